The van der Waals surface area contributed by atoms with Crippen molar-refractivity contribution < 1.29 is 0 Å². The Bertz CT molecular complexity index is 367. The highest BCUT2D eigenvalue weighted by molar-refractivity contribution is 9.10. The van der Waals surface area contributed by atoms with Gasteiger partial charge in [0, 0.05) is 29.3 Å². The molecule has 3 heteroatoms. The van der Waals surface area contributed by atoms with Crippen LogP contribution in [0.3, 0.4) is 0 Å². The van der Waals surface area contributed by atoms with Crippen molar-refractivity contribution in [3.05, 3.63) is 28.7 Å². The lowest BCUT2D eigenvalue weighted by molar-refractivity contribution is 0.430. The predicted molar refractivity (Wildman–Crippen MR) is 77.3 cm³/mol. The number of hydrogen-bond acceptors (Lipinski definition) is 2. The summed E-state index contributed by atoms with van der Waals surface area (Å²) in [5.74, 6) is 0.661. The van der Waals surface area contributed by atoms with E-state index in [1.54, 1.807) is 0 Å². The molecule has 94 valence electrons. The Morgan fingerprint density at radius 3 is 3.06 bits per heavy atom. The van der Waals surface area contributed by atoms with Gasteiger partial charge in [-0.1, -0.05) is 35.3 Å². The molecule has 0 radical (unpaired) electrons. The zero-order valence-electron chi connectivity index (χ0n) is 10.4. The maximum atomic E-state index is 6.22. The Morgan fingerprint density at radius 2 is 2.35 bits per heavy atom. The predicted octanol–water partition coefficient (Wildman–Crippen LogP) is 3.40. The summed E-state index contributed by atoms with van der Waals surface area (Å²) in [7, 11) is 0. The molecular weight excluding hydrogens is 276 g/mol. The van der Waals surface area contributed by atoms with Crippen LogP contribution in [0.25, 0.3) is 0 Å². The first kappa shape index (κ1) is 12.9. The number of rotatable bonds is 4. The number of benzene rings is 1. The quantitative estimate of drug-likeness (QED) is 0.923. The van der Waals surface area contributed by atoms with Crippen LogP contribution in [0.15, 0.2) is 28.7 Å². The first-order chi connectivity index (χ1) is 8.20. The fourth-order valence-electron chi connectivity index (χ4n) is 2.61. The molecule has 17 heavy (non-hydrogen) atoms. The molecule has 0 saturated carbocycles. The van der Waals surface area contributed by atoms with E-state index >= 15 is 0 Å². The summed E-state index contributed by atoms with van der Waals surface area (Å²) in [6, 6.07) is 8.90. The molecular formula is C14H21BrN2. The fraction of sp³-hybridized carbons (Fsp3) is 0.571. The first-order valence-electron chi connectivity index (χ1n) is 6.46. The third-order valence-electron chi connectivity index (χ3n) is 3.63. The molecule has 1 aliphatic rings. The normalized spacial score (nSPS) is 21.8. The molecule has 0 aromatic heterocycles. The van der Waals surface area contributed by atoms with E-state index in [1.165, 1.54) is 18.5 Å². The van der Waals surface area contributed by atoms with Crippen LogP contribution in [0.1, 0.15) is 26.2 Å². The van der Waals surface area contributed by atoms with Crippen molar-refractivity contribution in [2.24, 2.45) is 11.7 Å². The van der Waals surface area contributed by atoms with Gasteiger partial charge in [0.2, 0.25) is 0 Å². The topological polar surface area (TPSA) is 29.3 Å². The Morgan fingerprint density at radius 1 is 1.53 bits per heavy atom. The first-order valence-corrected chi connectivity index (χ1v) is 7.26. The summed E-state index contributed by atoms with van der Waals surface area (Å²) < 4.78 is 1.15. The molecule has 2 N–H and O–H groups in total. The van der Waals surface area contributed by atoms with E-state index in [0.717, 1.165) is 24.0 Å². The van der Waals surface area contributed by atoms with E-state index in [0.29, 0.717) is 12.0 Å². The molecule has 1 fully saturated rings. The molecule has 2 rings (SSSR count). The molecule has 1 aromatic carbocycles. The number of nitrogens with two attached hydrogens (primary N) is 1. The Balaban J connectivity index is 1.98. The lowest BCUT2D eigenvalue weighted by Gasteiger charge is -2.21. The minimum atomic E-state index is 0.372. The molecule has 2 unspecified atom stereocenters. The van der Waals surface area contributed by atoms with Crippen LogP contribution in [0.5, 0.6) is 0 Å². The second-order valence-electron chi connectivity index (χ2n) is 4.93. The lowest BCUT2D eigenvalue weighted by Crippen LogP contribution is -2.32. The van der Waals surface area contributed by atoms with Crippen molar-refractivity contribution in [2.75, 3.05) is 18.0 Å². The van der Waals surface area contributed by atoms with Crippen LogP contribution in [-0.2, 0) is 0 Å². The molecule has 2 atom stereocenters. The summed E-state index contributed by atoms with van der Waals surface area (Å²) in [4.78, 5) is 2.45. The van der Waals surface area contributed by atoms with Crippen LogP contribution in [0, 0.1) is 5.92 Å². The highest BCUT2D eigenvalue weighted by atomic mass is 79.9. The number of halogens is 1. The van der Waals surface area contributed by atoms with Crippen molar-refractivity contribution in [1.82, 2.24) is 0 Å². The van der Waals surface area contributed by atoms with E-state index in [9.17, 15) is 0 Å². The Hall–Kier alpha value is -0.540. The smallest absolute Gasteiger partial charge is 0.0377 e. The number of anilines is 1. The standard InChI is InChI=1S/C14H21BrN2/c1-2-4-14(16)11-7-8-17(10-11)13-6-3-5-12(15)9-13/h3,5-6,9,11,14H,2,4,7-8,10,16H2,1H3. The second-order valence-corrected chi connectivity index (χ2v) is 5.84. The van der Waals surface area contributed by atoms with Gasteiger partial charge in [-0.3, -0.25) is 0 Å². The molecule has 1 saturated heterocycles. The molecule has 1 aliphatic heterocycles. The van der Waals surface area contributed by atoms with Crippen molar-refractivity contribution in [3.8, 4) is 0 Å². The van der Waals surface area contributed by atoms with Crippen LogP contribution in [0.2, 0.25) is 0 Å². The van der Waals surface area contributed by atoms with Crippen LogP contribution >= 0.6 is 15.9 Å². The number of nitrogens with zero attached hydrogens (tertiary/aromatic N) is 1. The van der Waals surface area contributed by atoms with Gasteiger partial charge in [0.25, 0.3) is 0 Å². The second kappa shape index (κ2) is 5.87. The van der Waals surface area contributed by atoms with Gasteiger partial charge in [-0.05, 0) is 37.0 Å². The summed E-state index contributed by atoms with van der Waals surface area (Å²) in [6.45, 7) is 4.46. The minimum Gasteiger partial charge on any atom is -0.371 e. The van der Waals surface area contributed by atoms with Gasteiger partial charge in [0.1, 0.15) is 0 Å². The van der Waals surface area contributed by atoms with Crippen molar-refractivity contribution in [2.45, 2.75) is 32.2 Å². The van der Waals surface area contributed by atoms with Gasteiger partial charge in [-0.15, -0.1) is 0 Å². The minimum absolute atomic E-state index is 0.372. The number of hydrogen-bond donors (Lipinski definition) is 1. The van der Waals surface area contributed by atoms with Gasteiger partial charge in [-0.25, -0.2) is 0 Å². The maximum Gasteiger partial charge on any atom is 0.0377 e. The third kappa shape index (κ3) is 3.23. The van der Waals surface area contributed by atoms with Gasteiger partial charge < -0.3 is 10.6 Å². The third-order valence-corrected chi connectivity index (χ3v) is 4.12. The molecule has 1 aromatic rings. The average molecular weight is 297 g/mol. The van der Waals surface area contributed by atoms with Crippen molar-refractivity contribution >= 4 is 21.6 Å². The van der Waals surface area contributed by atoms with Gasteiger partial charge in [-0.2, -0.15) is 0 Å². The molecule has 0 aliphatic carbocycles. The van der Waals surface area contributed by atoms with Crippen LogP contribution in [0.4, 0.5) is 5.69 Å². The fourth-order valence-corrected chi connectivity index (χ4v) is 3.00. The van der Waals surface area contributed by atoms with Crippen molar-refractivity contribution in [1.29, 1.82) is 0 Å². The van der Waals surface area contributed by atoms with E-state index in [-0.39, 0.29) is 0 Å². The van der Waals surface area contributed by atoms with E-state index in [1.807, 2.05) is 0 Å². The molecule has 0 amide bonds. The Labute approximate surface area is 112 Å². The highest BCUT2D eigenvalue weighted by Gasteiger charge is 2.26. The maximum absolute atomic E-state index is 6.22. The molecule has 2 nitrogen and oxygen atoms in total. The van der Waals surface area contributed by atoms with E-state index in [2.05, 4.69) is 52.0 Å². The van der Waals surface area contributed by atoms with Gasteiger partial charge in [0.05, 0.1) is 0 Å². The van der Waals surface area contributed by atoms with Crippen LogP contribution in [-0.4, -0.2) is 19.1 Å². The van der Waals surface area contributed by atoms with Crippen LogP contribution < -0.4 is 10.6 Å². The largest absolute Gasteiger partial charge is 0.371 e. The Kier molecular flexibility index (Phi) is 4.46. The van der Waals surface area contributed by atoms with Gasteiger partial charge >= 0.3 is 0 Å². The van der Waals surface area contributed by atoms with Gasteiger partial charge in [0.15, 0.2) is 0 Å². The summed E-state index contributed by atoms with van der Waals surface area (Å²) in [5.41, 5.74) is 7.53. The van der Waals surface area contributed by atoms with E-state index < -0.39 is 0 Å². The summed E-state index contributed by atoms with van der Waals surface area (Å²) in [5, 5.41) is 0. The lowest BCUT2D eigenvalue weighted by atomic mass is 9.96. The summed E-state index contributed by atoms with van der Waals surface area (Å²) >= 11 is 3.53. The zero-order chi connectivity index (χ0) is 12.3. The monoisotopic (exact) mass is 296 g/mol. The zero-order valence-corrected chi connectivity index (χ0v) is 12.0. The highest BCUT2D eigenvalue weighted by Crippen LogP contribution is 2.28. The van der Waals surface area contributed by atoms with E-state index in [4.69, 9.17) is 5.73 Å². The van der Waals surface area contributed by atoms with Crippen molar-refractivity contribution in [3.63, 3.8) is 0 Å². The summed E-state index contributed by atoms with van der Waals surface area (Å²) in [6.07, 6.45) is 3.57. The molecule has 1 heterocycles. The average Bonchev–Trinajstić information content (AvgIpc) is 2.78. The SMILES string of the molecule is CCCC(N)C1CCN(c2cccc(Br)c2)C1. The molecule has 0 bridgehead atoms. The molecule has 0 spiro atoms.